The molecule has 0 aromatic heterocycles. The summed E-state index contributed by atoms with van der Waals surface area (Å²) in [5.74, 6) is 11.4. The number of alkyl halides is 3. The van der Waals surface area contributed by atoms with Gasteiger partial charge in [-0.05, 0) is 62.2 Å². The number of aryl methyl sites for hydroxylation is 3. The Balaban J connectivity index is 2.05. The molecule has 3 rings (SSSR count). The maximum atomic E-state index is 13.1. The molecule has 31 heavy (non-hydrogen) atoms. The van der Waals surface area contributed by atoms with Gasteiger partial charge in [-0.15, -0.1) is 13.2 Å². The molecule has 0 saturated carbocycles. The second-order valence-corrected chi connectivity index (χ2v) is 7.14. The second kappa shape index (κ2) is 9.45. The summed E-state index contributed by atoms with van der Waals surface area (Å²) in [4.78, 5) is 0. The highest BCUT2D eigenvalue weighted by Crippen LogP contribution is 2.30. The summed E-state index contributed by atoms with van der Waals surface area (Å²) in [6, 6.07) is 18.2. The third-order valence-corrected chi connectivity index (χ3v) is 4.58. The molecule has 0 fully saturated rings. The number of benzene rings is 3. The van der Waals surface area contributed by atoms with Crippen molar-refractivity contribution in [2.75, 3.05) is 0 Å². The highest BCUT2D eigenvalue weighted by Gasteiger charge is 2.32. The van der Waals surface area contributed by atoms with Gasteiger partial charge in [-0.2, -0.15) is 0 Å². The first-order valence-corrected chi connectivity index (χ1v) is 9.83. The minimum absolute atomic E-state index is 0.223. The number of hydrogen-bond donors (Lipinski definition) is 0. The summed E-state index contributed by atoms with van der Waals surface area (Å²) >= 11 is 0. The molecule has 3 aromatic rings. The molecule has 0 bridgehead atoms. The Morgan fingerprint density at radius 1 is 0.710 bits per heavy atom. The zero-order valence-corrected chi connectivity index (χ0v) is 17.5. The molecule has 0 aliphatic rings. The zero-order chi connectivity index (χ0) is 22.4. The highest BCUT2D eigenvalue weighted by atomic mass is 19.4. The molecule has 0 unspecified atom stereocenters. The largest absolute Gasteiger partial charge is 0.573 e. The van der Waals surface area contributed by atoms with Crippen molar-refractivity contribution in [1.29, 1.82) is 0 Å². The summed E-state index contributed by atoms with van der Waals surface area (Å²) in [6.07, 6.45) is -4.33. The smallest absolute Gasteiger partial charge is 0.404 e. The molecule has 156 valence electrons. The van der Waals surface area contributed by atoms with Crippen LogP contribution in [0.1, 0.15) is 45.9 Å². The van der Waals surface area contributed by atoms with E-state index in [-0.39, 0.29) is 11.3 Å². The molecule has 0 atom stereocenters. The lowest BCUT2D eigenvalue weighted by molar-refractivity contribution is -0.274. The van der Waals surface area contributed by atoms with E-state index in [1.807, 2.05) is 69.3 Å². The molecule has 0 saturated heterocycles. The van der Waals surface area contributed by atoms with Crippen LogP contribution in [0.5, 0.6) is 5.75 Å². The summed E-state index contributed by atoms with van der Waals surface area (Å²) in [6.45, 7) is 5.79. The van der Waals surface area contributed by atoms with Crippen LogP contribution in [0.3, 0.4) is 0 Å². The molecular weight excluding hydrogens is 397 g/mol. The number of halogens is 3. The second-order valence-electron chi connectivity index (χ2n) is 7.14. The van der Waals surface area contributed by atoms with Crippen molar-refractivity contribution in [3.05, 3.63) is 99.6 Å². The molecule has 1 nitrogen and oxygen atoms in total. The summed E-state index contributed by atoms with van der Waals surface area (Å²) in [5.41, 5.74) is 5.00. The summed E-state index contributed by atoms with van der Waals surface area (Å²) in [7, 11) is 0. The standard InChI is InChI=1S/C27H21F3O/c1-4-24-17-23(14-13-21-9-5-19(2)6-10-21)18-26(31-27(28,29)30)25(24)16-15-22-11-7-20(3)8-12-22/h5-12,17-18H,4H2,1-3H3. The van der Waals surface area contributed by atoms with Gasteiger partial charge in [-0.25, -0.2) is 0 Å². The van der Waals surface area contributed by atoms with Gasteiger partial charge in [0.15, 0.2) is 0 Å². The maximum absolute atomic E-state index is 13.1. The fraction of sp³-hybridized carbons (Fsp3) is 0.185. The Kier molecular flexibility index (Phi) is 6.73. The van der Waals surface area contributed by atoms with E-state index in [1.54, 1.807) is 6.07 Å². The minimum Gasteiger partial charge on any atom is -0.404 e. The van der Waals surface area contributed by atoms with Crippen LogP contribution in [0.15, 0.2) is 60.7 Å². The van der Waals surface area contributed by atoms with E-state index in [2.05, 4.69) is 28.4 Å². The van der Waals surface area contributed by atoms with Gasteiger partial charge in [-0.1, -0.05) is 66.0 Å². The van der Waals surface area contributed by atoms with Crippen molar-refractivity contribution in [3.63, 3.8) is 0 Å². The van der Waals surface area contributed by atoms with Gasteiger partial charge in [0.2, 0.25) is 0 Å². The van der Waals surface area contributed by atoms with Gasteiger partial charge >= 0.3 is 6.36 Å². The molecule has 0 aliphatic carbocycles. The van der Waals surface area contributed by atoms with Crippen molar-refractivity contribution in [2.45, 2.75) is 33.6 Å². The number of hydrogen-bond acceptors (Lipinski definition) is 1. The molecule has 0 N–H and O–H groups in total. The van der Waals surface area contributed by atoms with E-state index in [4.69, 9.17) is 0 Å². The Morgan fingerprint density at radius 3 is 1.68 bits per heavy atom. The molecule has 0 aliphatic heterocycles. The molecule has 3 aromatic carbocycles. The molecule has 0 spiro atoms. The monoisotopic (exact) mass is 418 g/mol. The van der Waals surface area contributed by atoms with E-state index in [0.717, 1.165) is 16.7 Å². The van der Waals surface area contributed by atoms with Gasteiger partial charge in [0.25, 0.3) is 0 Å². The van der Waals surface area contributed by atoms with Gasteiger partial charge in [0, 0.05) is 16.7 Å². The normalized spacial score (nSPS) is 10.5. The lowest BCUT2D eigenvalue weighted by Gasteiger charge is -2.14. The third-order valence-electron chi connectivity index (χ3n) is 4.58. The van der Waals surface area contributed by atoms with Crippen LogP contribution in [0.4, 0.5) is 13.2 Å². The topological polar surface area (TPSA) is 9.23 Å². The average Bonchev–Trinajstić information content (AvgIpc) is 2.72. The lowest BCUT2D eigenvalue weighted by atomic mass is 10.00. The van der Waals surface area contributed by atoms with E-state index in [0.29, 0.717) is 23.1 Å². The lowest BCUT2D eigenvalue weighted by Crippen LogP contribution is -2.18. The fourth-order valence-electron chi connectivity index (χ4n) is 2.92. The van der Waals surface area contributed by atoms with Crippen molar-refractivity contribution in [2.24, 2.45) is 0 Å². The van der Waals surface area contributed by atoms with Crippen LogP contribution in [-0.4, -0.2) is 6.36 Å². The van der Waals surface area contributed by atoms with Crippen LogP contribution < -0.4 is 4.74 Å². The molecule has 0 amide bonds. The van der Waals surface area contributed by atoms with Crippen LogP contribution >= 0.6 is 0 Å². The third kappa shape index (κ3) is 6.43. The zero-order valence-electron chi connectivity index (χ0n) is 17.5. The van der Waals surface area contributed by atoms with Crippen molar-refractivity contribution in [1.82, 2.24) is 0 Å². The first-order valence-electron chi connectivity index (χ1n) is 9.83. The minimum atomic E-state index is -4.83. The first-order chi connectivity index (χ1) is 14.7. The predicted molar refractivity (Wildman–Crippen MR) is 117 cm³/mol. The van der Waals surface area contributed by atoms with Crippen LogP contribution in [-0.2, 0) is 6.42 Å². The van der Waals surface area contributed by atoms with Crippen LogP contribution in [0, 0.1) is 37.5 Å². The maximum Gasteiger partial charge on any atom is 0.573 e. The van der Waals surface area contributed by atoms with Crippen molar-refractivity contribution in [3.8, 4) is 29.4 Å². The fourth-order valence-corrected chi connectivity index (χ4v) is 2.92. The van der Waals surface area contributed by atoms with E-state index >= 15 is 0 Å². The van der Waals surface area contributed by atoms with E-state index in [1.165, 1.54) is 6.07 Å². The Morgan fingerprint density at radius 2 is 1.19 bits per heavy atom. The van der Waals surface area contributed by atoms with Crippen molar-refractivity contribution < 1.29 is 17.9 Å². The number of ether oxygens (including phenoxy) is 1. The van der Waals surface area contributed by atoms with Crippen LogP contribution in [0.25, 0.3) is 0 Å². The van der Waals surface area contributed by atoms with Gasteiger partial charge in [0.05, 0.1) is 5.56 Å². The van der Waals surface area contributed by atoms with Gasteiger partial charge in [0.1, 0.15) is 5.75 Å². The Hall–Kier alpha value is -3.63. The SMILES string of the molecule is CCc1cc(C#Cc2ccc(C)cc2)cc(OC(F)(F)F)c1C#Cc1ccc(C)cc1. The predicted octanol–water partition coefficient (Wildman–Crippen LogP) is 6.56. The molecule has 0 heterocycles. The van der Waals surface area contributed by atoms with Crippen LogP contribution in [0.2, 0.25) is 0 Å². The summed E-state index contributed by atoms with van der Waals surface area (Å²) < 4.78 is 43.6. The molecular formula is C27H21F3O. The van der Waals surface area contributed by atoms with Crippen molar-refractivity contribution >= 4 is 0 Å². The average molecular weight is 418 g/mol. The van der Waals surface area contributed by atoms with Gasteiger partial charge in [-0.3, -0.25) is 0 Å². The highest BCUT2D eigenvalue weighted by molar-refractivity contribution is 5.59. The Labute approximate surface area is 180 Å². The quantitative estimate of drug-likeness (QED) is 0.428. The Bertz CT molecular complexity index is 1180. The first kappa shape index (κ1) is 22.1. The summed E-state index contributed by atoms with van der Waals surface area (Å²) in [5, 5.41) is 0. The van der Waals surface area contributed by atoms with E-state index < -0.39 is 6.36 Å². The molecule has 4 heteroatoms. The number of rotatable bonds is 2. The molecule has 0 radical (unpaired) electrons. The van der Waals surface area contributed by atoms with Gasteiger partial charge < -0.3 is 4.74 Å². The van der Waals surface area contributed by atoms with E-state index in [9.17, 15) is 13.2 Å².